The highest BCUT2D eigenvalue weighted by Gasteiger charge is 2.13. The van der Waals surface area contributed by atoms with Crippen LogP contribution >= 0.6 is 0 Å². The monoisotopic (exact) mass is 204 g/mol. The third kappa shape index (κ3) is 2.40. The molecule has 0 heterocycles. The Morgan fingerprint density at radius 1 is 1.29 bits per heavy atom. The third-order valence-electron chi connectivity index (χ3n) is 1.86. The minimum atomic E-state index is -1.23. The van der Waals surface area contributed by atoms with Gasteiger partial charge in [-0.2, -0.15) is 4.39 Å². The second kappa shape index (κ2) is 4.35. The van der Waals surface area contributed by atoms with Gasteiger partial charge in [0.25, 0.3) is 0 Å². The average molecular weight is 204 g/mol. The van der Waals surface area contributed by atoms with Crippen LogP contribution in [0.15, 0.2) is 12.1 Å². The van der Waals surface area contributed by atoms with E-state index in [-0.39, 0.29) is 11.9 Å². The van der Waals surface area contributed by atoms with E-state index in [1.807, 2.05) is 6.92 Å². The molecule has 14 heavy (non-hydrogen) atoms. The van der Waals surface area contributed by atoms with Crippen molar-refractivity contribution in [2.75, 3.05) is 0 Å². The third-order valence-corrected chi connectivity index (χ3v) is 1.86. The largest absolute Gasteiger partial charge is 0.487 e. The lowest BCUT2D eigenvalue weighted by Crippen LogP contribution is -2.11. The number of benzene rings is 1. The Hall–Kier alpha value is -1.19. The molecule has 0 aliphatic heterocycles. The summed E-state index contributed by atoms with van der Waals surface area (Å²) in [5.41, 5.74) is 0. The Kier molecular flexibility index (Phi) is 3.38. The van der Waals surface area contributed by atoms with Crippen molar-refractivity contribution in [2.24, 2.45) is 0 Å². The van der Waals surface area contributed by atoms with Gasteiger partial charge in [-0.25, -0.2) is 8.78 Å². The lowest BCUT2D eigenvalue weighted by atomic mass is 10.3. The van der Waals surface area contributed by atoms with Gasteiger partial charge in [0, 0.05) is 12.1 Å². The number of halogens is 3. The Labute approximate surface area is 80.5 Å². The van der Waals surface area contributed by atoms with E-state index < -0.39 is 17.5 Å². The van der Waals surface area contributed by atoms with Gasteiger partial charge in [0.1, 0.15) is 5.82 Å². The first-order valence-electron chi connectivity index (χ1n) is 4.35. The summed E-state index contributed by atoms with van der Waals surface area (Å²) < 4.78 is 43.4. The Bertz CT molecular complexity index is 325. The fourth-order valence-electron chi connectivity index (χ4n) is 0.918. The number of hydrogen-bond acceptors (Lipinski definition) is 1. The number of hydrogen-bond donors (Lipinski definition) is 0. The van der Waals surface area contributed by atoms with E-state index in [9.17, 15) is 13.2 Å². The maximum Gasteiger partial charge on any atom is 0.200 e. The van der Waals surface area contributed by atoms with Gasteiger partial charge in [-0.05, 0) is 13.3 Å². The minimum absolute atomic E-state index is 0.273. The summed E-state index contributed by atoms with van der Waals surface area (Å²) in [5.74, 6) is -3.60. The summed E-state index contributed by atoms with van der Waals surface area (Å²) in [7, 11) is 0. The van der Waals surface area contributed by atoms with E-state index in [0.29, 0.717) is 12.5 Å². The lowest BCUT2D eigenvalue weighted by Gasteiger charge is -2.13. The van der Waals surface area contributed by atoms with Crippen LogP contribution in [0.25, 0.3) is 0 Å². The van der Waals surface area contributed by atoms with Gasteiger partial charge in [-0.1, -0.05) is 6.92 Å². The first-order valence-corrected chi connectivity index (χ1v) is 4.35. The van der Waals surface area contributed by atoms with E-state index in [1.54, 1.807) is 6.92 Å². The van der Waals surface area contributed by atoms with E-state index in [1.165, 1.54) is 0 Å². The normalized spacial score (nSPS) is 12.6. The molecule has 0 radical (unpaired) electrons. The molecule has 1 rings (SSSR count). The van der Waals surface area contributed by atoms with Crippen molar-refractivity contribution in [3.63, 3.8) is 0 Å². The van der Waals surface area contributed by atoms with Gasteiger partial charge in [-0.15, -0.1) is 0 Å². The van der Waals surface area contributed by atoms with Crippen molar-refractivity contribution >= 4 is 0 Å². The summed E-state index contributed by atoms with van der Waals surface area (Å²) in [6.07, 6.45) is 0.364. The molecule has 0 N–H and O–H groups in total. The quantitative estimate of drug-likeness (QED) is 0.686. The standard InChI is InChI=1S/C10H11F3O/c1-3-6(2)14-9-5-7(11)4-8(12)10(9)13/h4-6H,3H2,1-2H3. The van der Waals surface area contributed by atoms with Gasteiger partial charge < -0.3 is 4.74 Å². The van der Waals surface area contributed by atoms with Gasteiger partial charge >= 0.3 is 0 Å². The molecule has 0 saturated carbocycles. The fraction of sp³-hybridized carbons (Fsp3) is 0.400. The molecule has 0 saturated heterocycles. The van der Waals surface area contributed by atoms with Crippen molar-refractivity contribution in [1.82, 2.24) is 0 Å². The van der Waals surface area contributed by atoms with Crippen molar-refractivity contribution in [3.05, 3.63) is 29.6 Å². The molecule has 0 spiro atoms. The van der Waals surface area contributed by atoms with Crippen LogP contribution in [-0.4, -0.2) is 6.10 Å². The molecule has 0 aromatic heterocycles. The molecule has 0 amide bonds. The van der Waals surface area contributed by atoms with Crippen LogP contribution in [0, 0.1) is 17.5 Å². The van der Waals surface area contributed by atoms with Crippen LogP contribution in [0.4, 0.5) is 13.2 Å². The zero-order valence-corrected chi connectivity index (χ0v) is 7.98. The van der Waals surface area contributed by atoms with Crippen molar-refractivity contribution in [1.29, 1.82) is 0 Å². The molecule has 1 atom stereocenters. The van der Waals surface area contributed by atoms with Gasteiger partial charge in [0.15, 0.2) is 11.6 Å². The van der Waals surface area contributed by atoms with Crippen molar-refractivity contribution < 1.29 is 17.9 Å². The maximum absolute atomic E-state index is 13.0. The highest BCUT2D eigenvalue weighted by atomic mass is 19.2. The molecule has 0 aliphatic rings. The van der Waals surface area contributed by atoms with Crippen molar-refractivity contribution in [3.8, 4) is 5.75 Å². The van der Waals surface area contributed by atoms with Crippen LogP contribution in [0.2, 0.25) is 0 Å². The van der Waals surface area contributed by atoms with Crippen LogP contribution in [0.3, 0.4) is 0 Å². The summed E-state index contributed by atoms with van der Waals surface area (Å²) in [5, 5.41) is 0. The van der Waals surface area contributed by atoms with E-state index in [0.717, 1.165) is 6.07 Å². The highest BCUT2D eigenvalue weighted by Crippen LogP contribution is 2.22. The fourth-order valence-corrected chi connectivity index (χ4v) is 0.918. The van der Waals surface area contributed by atoms with Gasteiger partial charge in [0.05, 0.1) is 6.10 Å². The molecule has 0 fully saturated rings. The summed E-state index contributed by atoms with van der Waals surface area (Å²) in [6.45, 7) is 3.53. The van der Waals surface area contributed by atoms with E-state index in [4.69, 9.17) is 4.74 Å². The molecule has 4 heteroatoms. The Morgan fingerprint density at radius 3 is 2.50 bits per heavy atom. The average Bonchev–Trinajstić information content (AvgIpc) is 2.13. The van der Waals surface area contributed by atoms with E-state index >= 15 is 0 Å². The second-order valence-corrected chi connectivity index (χ2v) is 3.04. The van der Waals surface area contributed by atoms with Crippen LogP contribution in [0.5, 0.6) is 5.75 Å². The lowest BCUT2D eigenvalue weighted by molar-refractivity contribution is 0.204. The van der Waals surface area contributed by atoms with Gasteiger partial charge in [-0.3, -0.25) is 0 Å². The SMILES string of the molecule is CCC(C)Oc1cc(F)cc(F)c1F. The number of rotatable bonds is 3. The number of ether oxygens (including phenoxy) is 1. The predicted molar refractivity (Wildman–Crippen MR) is 46.7 cm³/mol. The van der Waals surface area contributed by atoms with Crippen LogP contribution < -0.4 is 4.74 Å². The summed E-state index contributed by atoms with van der Waals surface area (Å²) in [6, 6.07) is 1.32. The summed E-state index contributed by atoms with van der Waals surface area (Å²) >= 11 is 0. The highest BCUT2D eigenvalue weighted by molar-refractivity contribution is 5.26. The molecule has 1 nitrogen and oxygen atoms in total. The molecule has 0 bridgehead atoms. The summed E-state index contributed by atoms with van der Waals surface area (Å²) in [4.78, 5) is 0. The Balaban J connectivity index is 2.96. The molecular formula is C10H11F3O. The van der Waals surface area contributed by atoms with Crippen LogP contribution in [-0.2, 0) is 0 Å². The second-order valence-electron chi connectivity index (χ2n) is 3.04. The molecule has 0 aliphatic carbocycles. The van der Waals surface area contributed by atoms with E-state index in [2.05, 4.69) is 0 Å². The minimum Gasteiger partial charge on any atom is -0.487 e. The van der Waals surface area contributed by atoms with Crippen molar-refractivity contribution in [2.45, 2.75) is 26.4 Å². The molecule has 1 unspecified atom stereocenters. The molecule has 1 aromatic rings. The zero-order valence-electron chi connectivity index (χ0n) is 7.98. The van der Waals surface area contributed by atoms with Gasteiger partial charge in [0.2, 0.25) is 5.82 Å². The molecule has 1 aromatic carbocycles. The Morgan fingerprint density at radius 2 is 1.93 bits per heavy atom. The topological polar surface area (TPSA) is 9.23 Å². The first kappa shape index (κ1) is 10.9. The maximum atomic E-state index is 13.0. The smallest absolute Gasteiger partial charge is 0.200 e. The molecule has 78 valence electrons. The molecular weight excluding hydrogens is 193 g/mol. The first-order chi connectivity index (χ1) is 6.54. The zero-order chi connectivity index (χ0) is 10.7. The predicted octanol–water partition coefficient (Wildman–Crippen LogP) is 3.28. The van der Waals surface area contributed by atoms with Crippen LogP contribution in [0.1, 0.15) is 20.3 Å².